The first-order valence-electron chi connectivity index (χ1n) is 6.33. The summed E-state index contributed by atoms with van der Waals surface area (Å²) in [6, 6.07) is 17.2. The molecule has 1 aliphatic rings. The monoisotopic (exact) mass is 250 g/mol. The van der Waals surface area contributed by atoms with Crippen molar-refractivity contribution in [2.45, 2.75) is 13.0 Å². The van der Waals surface area contributed by atoms with Gasteiger partial charge in [-0.2, -0.15) is 0 Å². The van der Waals surface area contributed by atoms with Gasteiger partial charge < -0.3 is 4.74 Å². The SMILES string of the molecule is CC1Oc2ccccc2C(=O)/C1=C/c1ccccc1. The van der Waals surface area contributed by atoms with Crippen LogP contribution in [0.2, 0.25) is 0 Å². The van der Waals surface area contributed by atoms with E-state index in [9.17, 15) is 4.79 Å². The predicted octanol–water partition coefficient (Wildman–Crippen LogP) is 3.73. The van der Waals surface area contributed by atoms with Crippen molar-refractivity contribution in [2.24, 2.45) is 0 Å². The molecule has 1 unspecified atom stereocenters. The van der Waals surface area contributed by atoms with Crippen LogP contribution in [0.5, 0.6) is 5.75 Å². The molecule has 2 aromatic carbocycles. The zero-order chi connectivity index (χ0) is 13.2. The van der Waals surface area contributed by atoms with Crippen LogP contribution < -0.4 is 4.74 Å². The molecule has 0 amide bonds. The third-order valence-electron chi connectivity index (χ3n) is 3.26. The molecule has 0 aliphatic carbocycles. The average Bonchev–Trinajstić information content (AvgIpc) is 2.45. The normalized spacial score (nSPS) is 19.9. The second-order valence-electron chi connectivity index (χ2n) is 4.60. The molecule has 0 spiro atoms. The molecule has 94 valence electrons. The smallest absolute Gasteiger partial charge is 0.196 e. The first-order chi connectivity index (χ1) is 9.25. The van der Waals surface area contributed by atoms with E-state index in [1.807, 2.05) is 67.6 Å². The minimum atomic E-state index is -0.220. The van der Waals surface area contributed by atoms with Crippen LogP contribution in [0, 0.1) is 0 Å². The molecule has 0 radical (unpaired) electrons. The highest BCUT2D eigenvalue weighted by Gasteiger charge is 2.28. The molecule has 0 aromatic heterocycles. The van der Waals surface area contributed by atoms with Crippen molar-refractivity contribution in [3.05, 3.63) is 71.3 Å². The van der Waals surface area contributed by atoms with E-state index in [1.54, 1.807) is 0 Å². The van der Waals surface area contributed by atoms with Gasteiger partial charge in [-0.05, 0) is 30.7 Å². The van der Waals surface area contributed by atoms with Crippen molar-refractivity contribution >= 4 is 11.9 Å². The summed E-state index contributed by atoms with van der Waals surface area (Å²) in [5.41, 5.74) is 2.35. The molecular weight excluding hydrogens is 236 g/mol. The summed E-state index contributed by atoms with van der Waals surface area (Å²) < 4.78 is 5.80. The summed E-state index contributed by atoms with van der Waals surface area (Å²) in [4.78, 5) is 12.5. The summed E-state index contributed by atoms with van der Waals surface area (Å²) >= 11 is 0. The van der Waals surface area contributed by atoms with Crippen LogP contribution in [-0.2, 0) is 0 Å². The average molecular weight is 250 g/mol. The molecule has 2 heteroatoms. The molecule has 19 heavy (non-hydrogen) atoms. The Hall–Kier alpha value is -2.35. The third-order valence-corrected chi connectivity index (χ3v) is 3.26. The molecule has 0 saturated heterocycles. The lowest BCUT2D eigenvalue weighted by atomic mass is 9.94. The molecule has 0 N–H and O–H groups in total. The molecule has 1 atom stereocenters. The van der Waals surface area contributed by atoms with Gasteiger partial charge in [0.1, 0.15) is 11.9 Å². The number of Topliss-reactive ketones (excluding diaryl/α,β-unsaturated/α-hetero) is 1. The lowest BCUT2D eigenvalue weighted by molar-refractivity contribution is 0.0972. The number of carbonyl (C=O) groups is 1. The van der Waals surface area contributed by atoms with Gasteiger partial charge >= 0.3 is 0 Å². The van der Waals surface area contributed by atoms with Crippen LogP contribution in [0.4, 0.5) is 0 Å². The Kier molecular flexibility index (Phi) is 2.92. The Labute approximate surface area is 112 Å². The second-order valence-corrected chi connectivity index (χ2v) is 4.60. The maximum Gasteiger partial charge on any atom is 0.196 e. The van der Waals surface area contributed by atoms with Gasteiger partial charge in [0.15, 0.2) is 5.78 Å². The van der Waals surface area contributed by atoms with Gasteiger partial charge in [0.2, 0.25) is 0 Å². The summed E-state index contributed by atoms with van der Waals surface area (Å²) in [6.07, 6.45) is 1.69. The zero-order valence-corrected chi connectivity index (χ0v) is 10.7. The van der Waals surface area contributed by atoms with Crippen LogP contribution in [0.25, 0.3) is 6.08 Å². The first-order valence-corrected chi connectivity index (χ1v) is 6.33. The van der Waals surface area contributed by atoms with E-state index in [2.05, 4.69) is 0 Å². The van der Waals surface area contributed by atoms with Crippen molar-refractivity contribution in [2.75, 3.05) is 0 Å². The van der Waals surface area contributed by atoms with Gasteiger partial charge in [0.25, 0.3) is 0 Å². The minimum Gasteiger partial charge on any atom is -0.485 e. The zero-order valence-electron chi connectivity index (χ0n) is 10.7. The Balaban J connectivity index is 2.05. The van der Waals surface area contributed by atoms with E-state index >= 15 is 0 Å². The van der Waals surface area contributed by atoms with Gasteiger partial charge in [-0.15, -0.1) is 0 Å². The van der Waals surface area contributed by atoms with Gasteiger partial charge in [-0.1, -0.05) is 42.5 Å². The highest BCUT2D eigenvalue weighted by Crippen LogP contribution is 2.31. The van der Waals surface area contributed by atoms with Crippen molar-refractivity contribution in [1.82, 2.24) is 0 Å². The highest BCUT2D eigenvalue weighted by molar-refractivity contribution is 6.14. The molecule has 2 aromatic rings. The Morgan fingerprint density at radius 3 is 2.47 bits per heavy atom. The number of rotatable bonds is 1. The van der Waals surface area contributed by atoms with Gasteiger partial charge in [-0.3, -0.25) is 4.79 Å². The Morgan fingerprint density at radius 2 is 1.68 bits per heavy atom. The van der Waals surface area contributed by atoms with Crippen molar-refractivity contribution in [1.29, 1.82) is 0 Å². The number of hydrogen-bond acceptors (Lipinski definition) is 2. The van der Waals surface area contributed by atoms with Crippen molar-refractivity contribution < 1.29 is 9.53 Å². The van der Waals surface area contributed by atoms with E-state index in [-0.39, 0.29) is 11.9 Å². The molecule has 2 nitrogen and oxygen atoms in total. The predicted molar refractivity (Wildman–Crippen MR) is 75.3 cm³/mol. The summed E-state index contributed by atoms with van der Waals surface area (Å²) in [5.74, 6) is 0.725. The Bertz CT molecular complexity index is 641. The largest absolute Gasteiger partial charge is 0.485 e. The molecular formula is C17H14O2. The van der Waals surface area contributed by atoms with Crippen LogP contribution in [0.3, 0.4) is 0 Å². The highest BCUT2D eigenvalue weighted by atomic mass is 16.5. The van der Waals surface area contributed by atoms with Gasteiger partial charge in [0, 0.05) is 5.57 Å². The number of fused-ring (bicyclic) bond motifs is 1. The molecule has 0 bridgehead atoms. The molecule has 1 aliphatic heterocycles. The lowest BCUT2D eigenvalue weighted by Crippen LogP contribution is -2.27. The van der Waals surface area contributed by atoms with Crippen LogP contribution in [0.15, 0.2) is 60.2 Å². The van der Waals surface area contributed by atoms with Crippen LogP contribution in [0.1, 0.15) is 22.8 Å². The molecule has 0 fully saturated rings. The van der Waals surface area contributed by atoms with Crippen LogP contribution in [-0.4, -0.2) is 11.9 Å². The fourth-order valence-corrected chi connectivity index (χ4v) is 2.26. The number of carbonyl (C=O) groups excluding carboxylic acids is 1. The standard InChI is InChI=1S/C17H14O2/c1-12-15(11-13-7-3-2-4-8-13)17(18)14-9-5-6-10-16(14)19-12/h2-12H,1H3/b15-11+. The van der Waals surface area contributed by atoms with E-state index in [1.165, 1.54) is 0 Å². The number of ether oxygens (including phenoxy) is 1. The number of benzene rings is 2. The van der Waals surface area contributed by atoms with Gasteiger partial charge in [-0.25, -0.2) is 0 Å². The topological polar surface area (TPSA) is 26.3 Å². The summed E-state index contributed by atoms with van der Waals surface area (Å²) in [7, 11) is 0. The number of hydrogen-bond donors (Lipinski definition) is 0. The molecule has 0 saturated carbocycles. The number of ketones is 1. The van der Waals surface area contributed by atoms with Crippen LogP contribution >= 0.6 is 0 Å². The molecule has 3 rings (SSSR count). The maximum absolute atomic E-state index is 12.5. The number of para-hydroxylation sites is 1. The molecule has 1 heterocycles. The maximum atomic E-state index is 12.5. The fraction of sp³-hybridized carbons (Fsp3) is 0.118. The second kappa shape index (κ2) is 4.73. The summed E-state index contributed by atoms with van der Waals surface area (Å²) in [6.45, 7) is 1.91. The first kappa shape index (κ1) is 11.7. The lowest BCUT2D eigenvalue weighted by Gasteiger charge is -2.25. The van der Waals surface area contributed by atoms with E-state index in [0.29, 0.717) is 16.9 Å². The van der Waals surface area contributed by atoms with Crippen molar-refractivity contribution in [3.63, 3.8) is 0 Å². The van der Waals surface area contributed by atoms with E-state index in [0.717, 1.165) is 5.56 Å². The van der Waals surface area contributed by atoms with Crippen molar-refractivity contribution in [3.8, 4) is 5.75 Å². The van der Waals surface area contributed by atoms with E-state index < -0.39 is 0 Å². The Morgan fingerprint density at radius 1 is 1.00 bits per heavy atom. The summed E-state index contributed by atoms with van der Waals surface area (Å²) in [5, 5.41) is 0. The van der Waals surface area contributed by atoms with Gasteiger partial charge in [0.05, 0.1) is 5.56 Å². The quantitative estimate of drug-likeness (QED) is 0.721. The minimum absolute atomic E-state index is 0.0539. The third kappa shape index (κ3) is 2.17. The van der Waals surface area contributed by atoms with E-state index in [4.69, 9.17) is 4.74 Å². The fourth-order valence-electron chi connectivity index (χ4n) is 2.26.